The fraction of sp³-hybridized carbons (Fsp3) is 0.250. The van der Waals surface area contributed by atoms with E-state index in [0.717, 1.165) is 28.3 Å². The molecular formula is C16H17ClN2O2S. The molecule has 6 heteroatoms. The van der Waals surface area contributed by atoms with Gasteiger partial charge in [-0.15, -0.1) is 0 Å². The quantitative estimate of drug-likeness (QED) is 0.937. The lowest BCUT2D eigenvalue weighted by atomic mass is 10.1. The molecule has 22 heavy (non-hydrogen) atoms. The van der Waals surface area contributed by atoms with Gasteiger partial charge in [0.25, 0.3) is 0 Å². The van der Waals surface area contributed by atoms with E-state index < -0.39 is 10.0 Å². The minimum atomic E-state index is -3.66. The van der Waals surface area contributed by atoms with E-state index in [0.29, 0.717) is 6.54 Å². The molecular weight excluding hydrogens is 320 g/mol. The third-order valence-electron chi connectivity index (χ3n) is 4.03. The highest BCUT2D eigenvalue weighted by Gasteiger charge is 2.27. The summed E-state index contributed by atoms with van der Waals surface area (Å²) in [6.07, 6.45) is 0.795. The molecule has 1 aliphatic heterocycles. The molecule has 3 rings (SSSR count). The van der Waals surface area contributed by atoms with Gasteiger partial charge in [-0.1, -0.05) is 29.8 Å². The van der Waals surface area contributed by atoms with Gasteiger partial charge in [0.05, 0.1) is 4.90 Å². The molecule has 2 aromatic carbocycles. The fourth-order valence-corrected chi connectivity index (χ4v) is 3.66. The van der Waals surface area contributed by atoms with Crippen LogP contribution in [0.15, 0.2) is 47.4 Å². The molecule has 2 N–H and O–H groups in total. The van der Waals surface area contributed by atoms with Crippen LogP contribution in [0.1, 0.15) is 18.1 Å². The predicted octanol–water partition coefficient (Wildman–Crippen LogP) is 2.94. The summed E-state index contributed by atoms with van der Waals surface area (Å²) in [5.74, 6) is 0. The summed E-state index contributed by atoms with van der Waals surface area (Å²) in [6.45, 7) is 2.82. The van der Waals surface area contributed by atoms with Crippen molar-refractivity contribution in [2.45, 2.75) is 30.8 Å². The summed E-state index contributed by atoms with van der Waals surface area (Å²) >= 11 is 6.24. The van der Waals surface area contributed by atoms with E-state index in [1.54, 1.807) is 12.1 Å². The van der Waals surface area contributed by atoms with Crippen molar-refractivity contribution in [2.75, 3.05) is 4.90 Å². The molecule has 116 valence electrons. The summed E-state index contributed by atoms with van der Waals surface area (Å²) in [7, 11) is -3.66. The molecule has 0 fully saturated rings. The molecule has 0 radical (unpaired) electrons. The largest absolute Gasteiger partial charge is 0.364 e. The summed E-state index contributed by atoms with van der Waals surface area (Å²) in [6, 6.07) is 13.1. The Balaban J connectivity index is 1.95. The average Bonchev–Trinajstić information content (AvgIpc) is 2.76. The highest BCUT2D eigenvalue weighted by atomic mass is 35.5. The Morgan fingerprint density at radius 2 is 2.00 bits per heavy atom. The highest BCUT2D eigenvalue weighted by Crippen LogP contribution is 2.35. The third-order valence-corrected chi connectivity index (χ3v) is 5.31. The van der Waals surface area contributed by atoms with Gasteiger partial charge in [0.15, 0.2) is 0 Å². The molecule has 0 aliphatic carbocycles. The Hall–Kier alpha value is -1.56. The normalized spacial score (nSPS) is 17.6. The van der Waals surface area contributed by atoms with E-state index in [2.05, 4.69) is 11.8 Å². The first kappa shape index (κ1) is 15.3. The number of primary sulfonamides is 1. The molecule has 0 saturated heterocycles. The first-order valence-electron chi connectivity index (χ1n) is 7.02. The zero-order chi connectivity index (χ0) is 15.9. The maximum atomic E-state index is 11.5. The Bertz CT molecular complexity index is 821. The van der Waals surface area contributed by atoms with Gasteiger partial charge in [-0.3, -0.25) is 0 Å². The van der Waals surface area contributed by atoms with Crippen LogP contribution in [0, 0.1) is 0 Å². The first-order chi connectivity index (χ1) is 10.4. The monoisotopic (exact) mass is 336 g/mol. The second-order valence-corrected chi connectivity index (χ2v) is 7.58. The third kappa shape index (κ3) is 2.84. The summed E-state index contributed by atoms with van der Waals surface area (Å²) in [4.78, 5) is 2.40. The van der Waals surface area contributed by atoms with Crippen LogP contribution in [-0.2, 0) is 23.0 Å². The number of nitrogens with two attached hydrogens (primary N) is 1. The van der Waals surface area contributed by atoms with Crippen molar-refractivity contribution >= 4 is 27.3 Å². The lowest BCUT2D eigenvalue weighted by Crippen LogP contribution is -2.28. The van der Waals surface area contributed by atoms with Crippen molar-refractivity contribution in [2.24, 2.45) is 5.14 Å². The number of sulfonamides is 1. The van der Waals surface area contributed by atoms with Crippen LogP contribution in [0.2, 0.25) is 5.02 Å². The molecule has 0 amide bonds. The zero-order valence-electron chi connectivity index (χ0n) is 12.2. The first-order valence-corrected chi connectivity index (χ1v) is 8.94. The molecule has 2 aromatic rings. The lowest BCUT2D eigenvalue weighted by Gasteiger charge is -2.25. The second kappa shape index (κ2) is 5.57. The summed E-state index contributed by atoms with van der Waals surface area (Å²) in [5, 5.41) is 5.94. The molecule has 0 aromatic heterocycles. The van der Waals surface area contributed by atoms with Crippen molar-refractivity contribution in [3.05, 3.63) is 58.6 Å². The number of benzene rings is 2. The van der Waals surface area contributed by atoms with Gasteiger partial charge in [0.2, 0.25) is 10.0 Å². The Morgan fingerprint density at radius 1 is 1.27 bits per heavy atom. The van der Waals surface area contributed by atoms with Crippen molar-refractivity contribution in [1.82, 2.24) is 0 Å². The number of anilines is 1. The van der Waals surface area contributed by atoms with E-state index in [4.69, 9.17) is 16.7 Å². The lowest BCUT2D eigenvalue weighted by molar-refractivity contribution is 0.597. The maximum absolute atomic E-state index is 11.5. The van der Waals surface area contributed by atoms with Crippen molar-refractivity contribution in [3.63, 3.8) is 0 Å². The molecule has 1 heterocycles. The van der Waals surface area contributed by atoms with Gasteiger partial charge in [-0.2, -0.15) is 0 Å². The molecule has 4 nitrogen and oxygen atoms in total. The SMILES string of the molecule is C[C@H]1Cc2cc(S(N)(=O)=O)ccc2N1Cc1ccccc1Cl. The molecule has 1 aliphatic rings. The second-order valence-electron chi connectivity index (χ2n) is 5.61. The summed E-state index contributed by atoms with van der Waals surface area (Å²) < 4.78 is 23.0. The Labute approximate surface area is 135 Å². The van der Waals surface area contributed by atoms with Crippen LogP contribution in [0.3, 0.4) is 0 Å². The van der Waals surface area contributed by atoms with Gasteiger partial charge in [0.1, 0.15) is 0 Å². The van der Waals surface area contributed by atoms with Gasteiger partial charge in [-0.25, -0.2) is 13.6 Å². The molecule has 0 spiro atoms. The predicted molar refractivity (Wildman–Crippen MR) is 88.6 cm³/mol. The van der Waals surface area contributed by atoms with Gasteiger partial charge < -0.3 is 4.90 Å². The van der Waals surface area contributed by atoms with Crippen LogP contribution in [0.5, 0.6) is 0 Å². The highest BCUT2D eigenvalue weighted by molar-refractivity contribution is 7.89. The minimum absolute atomic E-state index is 0.165. The van der Waals surface area contributed by atoms with Crippen LogP contribution in [0.4, 0.5) is 5.69 Å². The standard InChI is InChI=1S/C16H17ClN2O2S/c1-11-8-13-9-14(22(18,20)21)6-7-16(13)19(11)10-12-4-2-3-5-15(12)17/h2-7,9,11H,8,10H2,1H3,(H2,18,20,21)/t11-/m0/s1. The topological polar surface area (TPSA) is 63.4 Å². The number of halogens is 1. The number of hydrogen-bond acceptors (Lipinski definition) is 3. The van der Waals surface area contributed by atoms with E-state index >= 15 is 0 Å². The van der Waals surface area contributed by atoms with E-state index in [1.165, 1.54) is 0 Å². The number of nitrogens with zero attached hydrogens (tertiary/aromatic N) is 1. The molecule has 0 bridgehead atoms. The fourth-order valence-electron chi connectivity index (χ4n) is 2.90. The van der Waals surface area contributed by atoms with E-state index in [1.807, 2.05) is 30.3 Å². The van der Waals surface area contributed by atoms with Gasteiger partial charge in [-0.05, 0) is 48.7 Å². The van der Waals surface area contributed by atoms with Crippen molar-refractivity contribution in [3.8, 4) is 0 Å². The minimum Gasteiger partial charge on any atom is -0.364 e. The smallest absolute Gasteiger partial charge is 0.238 e. The van der Waals surface area contributed by atoms with Crippen molar-refractivity contribution < 1.29 is 8.42 Å². The number of fused-ring (bicyclic) bond motifs is 1. The summed E-state index contributed by atoms with van der Waals surface area (Å²) in [5.41, 5.74) is 3.10. The van der Waals surface area contributed by atoms with Gasteiger partial charge >= 0.3 is 0 Å². The van der Waals surface area contributed by atoms with Crippen LogP contribution in [0.25, 0.3) is 0 Å². The van der Waals surface area contributed by atoms with E-state index in [-0.39, 0.29) is 10.9 Å². The zero-order valence-corrected chi connectivity index (χ0v) is 13.7. The maximum Gasteiger partial charge on any atom is 0.238 e. The Morgan fingerprint density at radius 3 is 2.68 bits per heavy atom. The van der Waals surface area contributed by atoms with E-state index in [9.17, 15) is 8.42 Å². The van der Waals surface area contributed by atoms with Crippen LogP contribution >= 0.6 is 11.6 Å². The van der Waals surface area contributed by atoms with Crippen LogP contribution < -0.4 is 10.0 Å². The van der Waals surface area contributed by atoms with Gasteiger partial charge in [0, 0.05) is 23.3 Å². The molecule has 1 atom stereocenters. The molecule has 0 unspecified atom stereocenters. The van der Waals surface area contributed by atoms with Crippen LogP contribution in [-0.4, -0.2) is 14.5 Å². The van der Waals surface area contributed by atoms with Crippen molar-refractivity contribution in [1.29, 1.82) is 0 Å². The number of rotatable bonds is 3. The molecule has 0 saturated carbocycles. The Kier molecular flexibility index (Phi) is 3.89. The average molecular weight is 337 g/mol. The number of hydrogen-bond donors (Lipinski definition) is 1.